The number of aryl methyl sites for hydroxylation is 1. The first-order valence-electron chi connectivity index (χ1n) is 10.2. The van der Waals surface area contributed by atoms with Crippen LogP contribution in [0.25, 0.3) is 11.4 Å². The molecule has 176 valence electrons. The lowest BCUT2D eigenvalue weighted by Crippen LogP contribution is -2.28. The number of rotatable bonds is 4. The van der Waals surface area contributed by atoms with Gasteiger partial charge in [-0.2, -0.15) is 13.2 Å². The molecule has 5 rings (SSSR count). The van der Waals surface area contributed by atoms with E-state index in [1.165, 1.54) is 24.3 Å². The van der Waals surface area contributed by atoms with Crippen molar-refractivity contribution >= 4 is 11.7 Å². The number of fused-ring (bicyclic) bond motifs is 1. The zero-order valence-corrected chi connectivity index (χ0v) is 17.5. The number of benzene rings is 1. The molecule has 1 aromatic carbocycles. The van der Waals surface area contributed by atoms with Crippen LogP contribution in [-0.4, -0.2) is 22.2 Å². The van der Waals surface area contributed by atoms with Crippen LogP contribution in [0.4, 0.5) is 27.8 Å². The van der Waals surface area contributed by atoms with E-state index in [2.05, 4.69) is 24.8 Å². The molecule has 1 aliphatic heterocycles. The van der Waals surface area contributed by atoms with Crippen LogP contribution in [0.3, 0.4) is 0 Å². The molecule has 0 atom stereocenters. The van der Waals surface area contributed by atoms with Gasteiger partial charge in [0.05, 0.1) is 22.4 Å². The summed E-state index contributed by atoms with van der Waals surface area (Å²) in [6.07, 6.45) is -6.55. The van der Waals surface area contributed by atoms with Crippen molar-refractivity contribution in [2.75, 3.05) is 5.32 Å². The fourth-order valence-corrected chi connectivity index (χ4v) is 3.81. The van der Waals surface area contributed by atoms with Crippen LogP contribution in [0.1, 0.15) is 29.5 Å². The minimum Gasteiger partial charge on any atom is -0.395 e. The summed E-state index contributed by atoms with van der Waals surface area (Å²) < 4.78 is 74.0. The average molecular weight is 477 g/mol. The smallest absolute Gasteiger partial charge is 0.395 e. The number of halogens is 5. The van der Waals surface area contributed by atoms with Crippen LogP contribution in [0.15, 0.2) is 48.7 Å². The molecule has 0 radical (unpaired) electrons. The molecule has 3 heterocycles. The van der Waals surface area contributed by atoms with Crippen molar-refractivity contribution in [2.45, 2.75) is 37.7 Å². The van der Waals surface area contributed by atoms with Crippen molar-refractivity contribution in [2.24, 2.45) is 0 Å². The third kappa shape index (κ3) is 3.91. The van der Waals surface area contributed by atoms with Crippen molar-refractivity contribution < 1.29 is 36.2 Å². The summed E-state index contributed by atoms with van der Waals surface area (Å²) in [6.45, 7) is 1.72. The van der Waals surface area contributed by atoms with E-state index in [-0.39, 0.29) is 28.9 Å². The van der Waals surface area contributed by atoms with Crippen molar-refractivity contribution in [1.82, 2.24) is 9.97 Å². The lowest BCUT2D eigenvalue weighted by molar-refractivity contribution is -0.286. The Bertz CT molecular complexity index is 1290. The van der Waals surface area contributed by atoms with Crippen LogP contribution in [0.5, 0.6) is 11.5 Å². The van der Waals surface area contributed by atoms with Gasteiger partial charge in [-0.1, -0.05) is 12.1 Å². The molecule has 0 bridgehead atoms. The minimum absolute atomic E-state index is 0.112. The number of alkyl halides is 5. The van der Waals surface area contributed by atoms with Crippen molar-refractivity contribution in [3.05, 3.63) is 65.4 Å². The number of nitrogens with zero attached hydrogens (tertiary/aromatic N) is 2. The van der Waals surface area contributed by atoms with Crippen LogP contribution in [0, 0.1) is 6.92 Å². The molecule has 2 aliphatic rings. The second-order valence-corrected chi connectivity index (χ2v) is 8.16. The number of aromatic nitrogens is 2. The van der Waals surface area contributed by atoms with E-state index in [0.29, 0.717) is 29.7 Å². The second-order valence-electron chi connectivity index (χ2n) is 8.16. The topological polar surface area (TPSA) is 73.3 Å². The van der Waals surface area contributed by atoms with Gasteiger partial charge in [-0.25, -0.2) is 4.98 Å². The van der Waals surface area contributed by atoms with E-state index in [4.69, 9.17) is 0 Å². The van der Waals surface area contributed by atoms with E-state index < -0.39 is 23.4 Å². The summed E-state index contributed by atoms with van der Waals surface area (Å²) >= 11 is 0. The number of carbonyl (C=O) groups excluding carboxylic acids is 1. The SMILES string of the molecule is Cc1ccc(NC(=O)C2(c3ccc4c(c3)OC(F)(F)O4)CC2)nc1-c1ccc(C(F)(F)F)cn1. The molecule has 2 aromatic heterocycles. The van der Waals surface area contributed by atoms with Crippen LogP contribution < -0.4 is 14.8 Å². The predicted octanol–water partition coefficient (Wildman–Crippen LogP) is 5.46. The Hall–Kier alpha value is -3.76. The molecule has 6 nitrogen and oxygen atoms in total. The molecule has 3 aromatic rings. The molecule has 1 amide bonds. The Kier molecular flexibility index (Phi) is 4.78. The Balaban J connectivity index is 1.38. The molecule has 1 N–H and O–H groups in total. The quantitative estimate of drug-likeness (QED) is 0.505. The summed E-state index contributed by atoms with van der Waals surface area (Å²) in [4.78, 5) is 21.3. The van der Waals surface area contributed by atoms with E-state index in [1.54, 1.807) is 19.1 Å². The molecular weight excluding hydrogens is 461 g/mol. The average Bonchev–Trinajstić information content (AvgIpc) is 3.52. The first kappa shape index (κ1) is 22.1. The van der Waals surface area contributed by atoms with Gasteiger partial charge in [-0.05, 0) is 61.2 Å². The molecule has 1 saturated carbocycles. The fraction of sp³-hybridized carbons (Fsp3) is 0.261. The van der Waals surface area contributed by atoms with E-state index >= 15 is 0 Å². The molecular formula is C23H16F5N3O3. The van der Waals surface area contributed by atoms with Gasteiger partial charge in [-0.3, -0.25) is 9.78 Å². The number of nitrogens with one attached hydrogen (secondary N) is 1. The highest BCUT2D eigenvalue weighted by atomic mass is 19.4. The highest BCUT2D eigenvalue weighted by Gasteiger charge is 2.53. The highest BCUT2D eigenvalue weighted by Crippen LogP contribution is 2.52. The first-order chi connectivity index (χ1) is 16.0. The maximum atomic E-state index is 13.3. The minimum atomic E-state index is -4.51. The predicted molar refractivity (Wildman–Crippen MR) is 109 cm³/mol. The fourth-order valence-electron chi connectivity index (χ4n) is 3.81. The zero-order valence-electron chi connectivity index (χ0n) is 17.5. The number of anilines is 1. The van der Waals surface area contributed by atoms with Gasteiger partial charge in [0.25, 0.3) is 0 Å². The van der Waals surface area contributed by atoms with Crippen molar-refractivity contribution in [3.63, 3.8) is 0 Å². The number of carbonyl (C=O) groups is 1. The Morgan fingerprint density at radius 1 is 1.03 bits per heavy atom. The molecule has 0 saturated heterocycles. The Morgan fingerprint density at radius 2 is 1.76 bits per heavy atom. The lowest BCUT2D eigenvalue weighted by Gasteiger charge is -2.16. The van der Waals surface area contributed by atoms with E-state index in [1.807, 2.05) is 0 Å². The van der Waals surface area contributed by atoms with Crippen molar-refractivity contribution in [3.8, 4) is 22.9 Å². The largest absolute Gasteiger partial charge is 0.586 e. The van der Waals surface area contributed by atoms with E-state index in [0.717, 1.165) is 12.3 Å². The van der Waals surface area contributed by atoms with Gasteiger partial charge in [0.15, 0.2) is 11.5 Å². The summed E-state index contributed by atoms with van der Waals surface area (Å²) in [6, 6.07) is 9.60. The summed E-state index contributed by atoms with van der Waals surface area (Å²) in [5.41, 5.74) is -0.114. The normalized spacial score (nSPS) is 17.4. The lowest BCUT2D eigenvalue weighted by atomic mass is 9.94. The third-order valence-electron chi connectivity index (χ3n) is 5.81. The van der Waals surface area contributed by atoms with Gasteiger partial charge in [0, 0.05) is 6.20 Å². The van der Waals surface area contributed by atoms with E-state index in [9.17, 15) is 26.7 Å². The molecule has 11 heteroatoms. The highest BCUT2D eigenvalue weighted by molar-refractivity contribution is 6.01. The van der Waals surface area contributed by atoms with Gasteiger partial charge in [0.2, 0.25) is 5.91 Å². The zero-order chi connectivity index (χ0) is 24.3. The number of ether oxygens (including phenoxy) is 2. The third-order valence-corrected chi connectivity index (χ3v) is 5.81. The van der Waals surface area contributed by atoms with Crippen molar-refractivity contribution in [1.29, 1.82) is 0 Å². The second kappa shape index (κ2) is 7.37. The maximum Gasteiger partial charge on any atom is 0.586 e. The summed E-state index contributed by atoms with van der Waals surface area (Å²) in [5.74, 6) is -0.462. The standard InChI is InChI=1S/C23H16F5N3O3/c1-12-2-7-18(30-19(12)15-5-3-14(11-29-15)22(24,25)26)31-20(32)21(8-9-21)13-4-6-16-17(10-13)34-23(27,28)33-16/h2-7,10-11H,8-9H2,1H3,(H,30,31,32). The van der Waals surface area contributed by atoms with Gasteiger partial charge in [-0.15, -0.1) is 8.78 Å². The van der Waals surface area contributed by atoms with Crippen LogP contribution >= 0.6 is 0 Å². The number of pyridine rings is 2. The molecule has 34 heavy (non-hydrogen) atoms. The van der Waals surface area contributed by atoms with Crippen LogP contribution in [0.2, 0.25) is 0 Å². The maximum absolute atomic E-state index is 13.3. The first-order valence-corrected chi connectivity index (χ1v) is 10.2. The van der Waals surface area contributed by atoms with Gasteiger partial charge < -0.3 is 14.8 Å². The summed E-state index contributed by atoms with van der Waals surface area (Å²) in [5, 5.41) is 2.72. The number of hydrogen-bond donors (Lipinski definition) is 1. The molecule has 0 unspecified atom stereocenters. The number of amides is 1. The summed E-state index contributed by atoms with van der Waals surface area (Å²) in [7, 11) is 0. The Labute approximate surface area is 189 Å². The monoisotopic (exact) mass is 477 g/mol. The number of hydrogen-bond acceptors (Lipinski definition) is 5. The molecule has 0 spiro atoms. The van der Waals surface area contributed by atoms with Gasteiger partial charge >= 0.3 is 12.5 Å². The van der Waals surface area contributed by atoms with Crippen LogP contribution in [-0.2, 0) is 16.4 Å². The molecule has 1 fully saturated rings. The van der Waals surface area contributed by atoms with Gasteiger partial charge in [0.1, 0.15) is 5.82 Å². The Morgan fingerprint density at radius 3 is 2.41 bits per heavy atom. The molecule has 1 aliphatic carbocycles.